The van der Waals surface area contributed by atoms with Crippen LogP contribution in [-0.4, -0.2) is 48.3 Å². The SMILES string of the molecule is C=CCCC(Nc1nc(NCc2ccc(OC)cc2OC)nc2cccnc12)C(=O)OC. The van der Waals surface area contributed by atoms with Gasteiger partial charge in [-0.1, -0.05) is 6.08 Å². The number of benzene rings is 1. The second-order valence-electron chi connectivity index (χ2n) is 6.88. The fraction of sp³-hybridized carbons (Fsp3) is 0.304. The minimum atomic E-state index is -0.590. The molecule has 168 valence electrons. The molecule has 1 unspecified atom stereocenters. The van der Waals surface area contributed by atoms with Crippen LogP contribution in [0.4, 0.5) is 11.8 Å². The van der Waals surface area contributed by atoms with Gasteiger partial charge in [-0.05, 0) is 37.1 Å². The molecule has 9 heteroatoms. The van der Waals surface area contributed by atoms with Crippen molar-refractivity contribution in [3.8, 4) is 11.5 Å². The summed E-state index contributed by atoms with van der Waals surface area (Å²) in [6.45, 7) is 4.15. The van der Waals surface area contributed by atoms with Crippen molar-refractivity contribution in [1.82, 2.24) is 15.0 Å². The summed E-state index contributed by atoms with van der Waals surface area (Å²) in [5.41, 5.74) is 2.12. The zero-order valence-corrected chi connectivity index (χ0v) is 18.4. The largest absolute Gasteiger partial charge is 0.497 e. The molecule has 2 heterocycles. The lowest BCUT2D eigenvalue weighted by molar-refractivity contribution is -0.141. The first-order valence-electron chi connectivity index (χ1n) is 10.1. The van der Waals surface area contributed by atoms with Gasteiger partial charge in [-0.15, -0.1) is 6.58 Å². The van der Waals surface area contributed by atoms with Gasteiger partial charge in [0.2, 0.25) is 5.95 Å². The lowest BCUT2D eigenvalue weighted by Crippen LogP contribution is -2.31. The van der Waals surface area contributed by atoms with E-state index in [1.807, 2.05) is 24.3 Å². The number of aromatic nitrogens is 3. The van der Waals surface area contributed by atoms with Gasteiger partial charge in [0.15, 0.2) is 5.82 Å². The van der Waals surface area contributed by atoms with Crippen LogP contribution in [0.2, 0.25) is 0 Å². The third-order valence-corrected chi connectivity index (χ3v) is 4.84. The lowest BCUT2D eigenvalue weighted by atomic mass is 10.1. The van der Waals surface area contributed by atoms with Gasteiger partial charge >= 0.3 is 5.97 Å². The van der Waals surface area contributed by atoms with Gasteiger partial charge in [-0.25, -0.2) is 9.78 Å². The molecule has 0 spiro atoms. The number of rotatable bonds is 11. The highest BCUT2D eigenvalue weighted by Gasteiger charge is 2.21. The van der Waals surface area contributed by atoms with Crippen LogP contribution in [0.15, 0.2) is 49.2 Å². The highest BCUT2D eigenvalue weighted by atomic mass is 16.5. The Morgan fingerprint density at radius 3 is 2.75 bits per heavy atom. The number of carbonyl (C=O) groups is 1. The Morgan fingerprint density at radius 2 is 2.03 bits per heavy atom. The van der Waals surface area contributed by atoms with E-state index in [1.54, 1.807) is 32.6 Å². The van der Waals surface area contributed by atoms with E-state index in [0.717, 1.165) is 5.56 Å². The minimum absolute atomic E-state index is 0.382. The monoisotopic (exact) mass is 437 g/mol. The minimum Gasteiger partial charge on any atom is -0.497 e. The molecule has 0 aliphatic rings. The highest BCUT2D eigenvalue weighted by Crippen LogP contribution is 2.26. The van der Waals surface area contributed by atoms with Crippen LogP contribution in [0, 0.1) is 0 Å². The number of allylic oxidation sites excluding steroid dienone is 1. The first-order valence-corrected chi connectivity index (χ1v) is 10.1. The molecule has 1 atom stereocenters. The van der Waals surface area contributed by atoms with E-state index in [2.05, 4.69) is 32.2 Å². The van der Waals surface area contributed by atoms with E-state index < -0.39 is 6.04 Å². The van der Waals surface area contributed by atoms with Gasteiger partial charge in [0.05, 0.1) is 26.8 Å². The van der Waals surface area contributed by atoms with Crippen LogP contribution >= 0.6 is 0 Å². The number of ether oxygens (including phenoxy) is 3. The molecule has 0 saturated heterocycles. The van der Waals surface area contributed by atoms with Crippen molar-refractivity contribution in [2.24, 2.45) is 0 Å². The number of fused-ring (bicyclic) bond motifs is 1. The second kappa shape index (κ2) is 10.9. The van der Waals surface area contributed by atoms with Gasteiger partial charge in [0, 0.05) is 24.4 Å². The summed E-state index contributed by atoms with van der Waals surface area (Å²) in [6.07, 6.45) is 4.57. The van der Waals surface area contributed by atoms with Crippen LogP contribution in [0.1, 0.15) is 18.4 Å². The number of esters is 1. The highest BCUT2D eigenvalue weighted by molar-refractivity contribution is 5.88. The normalized spacial score (nSPS) is 11.5. The fourth-order valence-electron chi connectivity index (χ4n) is 3.16. The van der Waals surface area contributed by atoms with Crippen LogP contribution in [-0.2, 0) is 16.1 Å². The Labute approximate surface area is 186 Å². The van der Waals surface area contributed by atoms with E-state index in [-0.39, 0.29) is 5.97 Å². The molecule has 2 aromatic heterocycles. The van der Waals surface area contributed by atoms with Crippen molar-refractivity contribution in [2.75, 3.05) is 32.0 Å². The van der Waals surface area contributed by atoms with Crippen LogP contribution in [0.5, 0.6) is 11.5 Å². The number of methoxy groups -OCH3 is 3. The number of carbonyl (C=O) groups excluding carboxylic acids is 1. The Morgan fingerprint density at radius 1 is 1.19 bits per heavy atom. The van der Waals surface area contributed by atoms with Crippen molar-refractivity contribution in [3.63, 3.8) is 0 Å². The molecule has 3 aromatic rings. The summed E-state index contributed by atoms with van der Waals surface area (Å²) >= 11 is 0. The van der Waals surface area contributed by atoms with Gasteiger partial charge in [0.1, 0.15) is 23.1 Å². The van der Waals surface area contributed by atoms with E-state index in [1.165, 1.54) is 7.11 Å². The van der Waals surface area contributed by atoms with Crippen molar-refractivity contribution >= 4 is 28.8 Å². The summed E-state index contributed by atoms with van der Waals surface area (Å²) in [6, 6.07) is 8.63. The number of nitrogens with zero attached hydrogens (tertiary/aromatic N) is 3. The topological polar surface area (TPSA) is 107 Å². The number of hydrogen-bond donors (Lipinski definition) is 2. The summed E-state index contributed by atoms with van der Waals surface area (Å²) in [5, 5.41) is 6.39. The van der Waals surface area contributed by atoms with Crippen LogP contribution in [0.3, 0.4) is 0 Å². The zero-order valence-electron chi connectivity index (χ0n) is 18.4. The Hall–Kier alpha value is -3.88. The van der Waals surface area contributed by atoms with E-state index >= 15 is 0 Å². The second-order valence-corrected chi connectivity index (χ2v) is 6.88. The first-order chi connectivity index (χ1) is 15.6. The molecule has 1 aromatic carbocycles. The average molecular weight is 438 g/mol. The smallest absolute Gasteiger partial charge is 0.328 e. The van der Waals surface area contributed by atoms with Gasteiger partial charge in [-0.2, -0.15) is 4.98 Å². The van der Waals surface area contributed by atoms with Gasteiger partial charge in [0.25, 0.3) is 0 Å². The standard InChI is InChI=1S/C23H27N5O4/c1-5-6-8-18(22(29)32-4)26-21-20-17(9-7-12-24-20)27-23(28-21)25-14-15-10-11-16(30-2)13-19(15)31-3/h5,7,9-13,18H,1,6,8,14H2,2-4H3,(H2,25,26,27,28). The number of nitrogens with one attached hydrogen (secondary N) is 2. The fourth-order valence-corrected chi connectivity index (χ4v) is 3.16. The maximum Gasteiger partial charge on any atom is 0.328 e. The van der Waals surface area contributed by atoms with Crippen molar-refractivity contribution in [2.45, 2.75) is 25.4 Å². The Bertz CT molecular complexity index is 1090. The van der Waals surface area contributed by atoms with Crippen molar-refractivity contribution in [1.29, 1.82) is 0 Å². The maximum absolute atomic E-state index is 12.3. The summed E-state index contributed by atoms with van der Waals surface area (Å²) in [5.74, 6) is 1.84. The molecule has 3 rings (SSSR count). The third-order valence-electron chi connectivity index (χ3n) is 4.84. The summed E-state index contributed by atoms with van der Waals surface area (Å²) in [7, 11) is 4.57. The summed E-state index contributed by atoms with van der Waals surface area (Å²) in [4.78, 5) is 25.8. The number of pyridine rings is 1. The molecule has 0 amide bonds. The molecule has 0 radical (unpaired) electrons. The predicted molar refractivity (Wildman–Crippen MR) is 123 cm³/mol. The summed E-state index contributed by atoms with van der Waals surface area (Å²) < 4.78 is 15.6. The van der Waals surface area contributed by atoms with E-state index in [0.29, 0.717) is 53.7 Å². The average Bonchev–Trinajstić information content (AvgIpc) is 2.84. The molecule has 0 aliphatic carbocycles. The molecule has 32 heavy (non-hydrogen) atoms. The molecule has 2 N–H and O–H groups in total. The van der Waals surface area contributed by atoms with Gasteiger partial charge < -0.3 is 24.8 Å². The van der Waals surface area contributed by atoms with E-state index in [9.17, 15) is 4.79 Å². The molecular weight excluding hydrogens is 410 g/mol. The number of anilines is 2. The van der Waals surface area contributed by atoms with Gasteiger partial charge in [-0.3, -0.25) is 4.98 Å². The number of hydrogen-bond acceptors (Lipinski definition) is 9. The first kappa shape index (κ1) is 22.8. The maximum atomic E-state index is 12.3. The quantitative estimate of drug-likeness (QED) is 0.344. The van der Waals surface area contributed by atoms with Crippen LogP contribution in [0.25, 0.3) is 11.0 Å². The molecule has 0 saturated carbocycles. The Kier molecular flexibility index (Phi) is 7.80. The zero-order chi connectivity index (χ0) is 22.9. The third kappa shape index (κ3) is 5.42. The molecule has 0 bridgehead atoms. The van der Waals surface area contributed by atoms with Crippen LogP contribution < -0.4 is 20.1 Å². The molecular formula is C23H27N5O4. The van der Waals surface area contributed by atoms with E-state index in [4.69, 9.17) is 14.2 Å². The van der Waals surface area contributed by atoms with Crippen molar-refractivity contribution in [3.05, 3.63) is 54.7 Å². The Balaban J connectivity index is 1.89. The van der Waals surface area contributed by atoms with Crippen molar-refractivity contribution < 1.29 is 19.0 Å². The molecule has 0 aliphatic heterocycles. The molecule has 0 fully saturated rings. The predicted octanol–water partition coefficient (Wildman–Crippen LogP) is 3.57. The molecule has 9 nitrogen and oxygen atoms in total. The lowest BCUT2D eigenvalue weighted by Gasteiger charge is -2.18.